The van der Waals surface area contributed by atoms with Gasteiger partial charge in [-0.2, -0.15) is 0 Å². The summed E-state index contributed by atoms with van der Waals surface area (Å²) in [6.45, 7) is 3.44. The van der Waals surface area contributed by atoms with Gasteiger partial charge in [0.05, 0.1) is 13.0 Å². The Labute approximate surface area is 93.6 Å². The molecule has 1 N–H and O–H groups in total. The third kappa shape index (κ3) is 2.42. The van der Waals surface area contributed by atoms with Crippen molar-refractivity contribution in [3.8, 4) is 5.75 Å². The van der Waals surface area contributed by atoms with Crippen molar-refractivity contribution < 1.29 is 14.6 Å². The van der Waals surface area contributed by atoms with Gasteiger partial charge in [-0.25, -0.2) is 0 Å². The average molecular weight is 229 g/mol. The monoisotopic (exact) mass is 228 g/mol. The van der Waals surface area contributed by atoms with E-state index in [2.05, 4.69) is 0 Å². The summed E-state index contributed by atoms with van der Waals surface area (Å²) in [5.41, 5.74) is 1.47. The molecular weight excluding hydrogens is 216 g/mol. The van der Waals surface area contributed by atoms with Crippen LogP contribution in [0.1, 0.15) is 24.0 Å². The number of carboxylic acid groups (broad SMARTS) is 1. The summed E-state index contributed by atoms with van der Waals surface area (Å²) in [7, 11) is 1.54. The molecule has 0 bridgehead atoms. The van der Waals surface area contributed by atoms with E-state index in [0.717, 1.165) is 5.56 Å². The highest BCUT2D eigenvalue weighted by Gasteiger charge is 2.16. The Kier molecular flexibility index (Phi) is 3.58. The number of hydrogen-bond donors (Lipinski definition) is 1. The van der Waals surface area contributed by atoms with Gasteiger partial charge in [-0.3, -0.25) is 4.79 Å². The van der Waals surface area contributed by atoms with E-state index < -0.39 is 11.9 Å². The lowest BCUT2D eigenvalue weighted by Crippen LogP contribution is -2.07. The Morgan fingerprint density at radius 1 is 1.53 bits per heavy atom. The summed E-state index contributed by atoms with van der Waals surface area (Å²) >= 11 is 5.97. The number of carbonyl (C=O) groups is 1. The van der Waals surface area contributed by atoms with Gasteiger partial charge in [0.25, 0.3) is 0 Å². The molecule has 0 aliphatic carbocycles. The zero-order valence-electron chi connectivity index (χ0n) is 8.87. The molecule has 1 unspecified atom stereocenters. The number of benzene rings is 1. The predicted octanol–water partition coefficient (Wildman–Crippen LogP) is 2.85. The number of halogens is 1. The van der Waals surface area contributed by atoms with E-state index in [0.29, 0.717) is 16.3 Å². The van der Waals surface area contributed by atoms with Crippen LogP contribution in [0.4, 0.5) is 0 Å². The van der Waals surface area contributed by atoms with Gasteiger partial charge in [-0.05, 0) is 31.5 Å². The third-order valence-corrected chi connectivity index (χ3v) is 2.80. The molecular formula is C11H13ClO3. The van der Waals surface area contributed by atoms with Gasteiger partial charge in [0.1, 0.15) is 5.75 Å². The van der Waals surface area contributed by atoms with Gasteiger partial charge >= 0.3 is 5.97 Å². The lowest BCUT2D eigenvalue weighted by atomic mass is 9.99. The summed E-state index contributed by atoms with van der Waals surface area (Å²) in [6.07, 6.45) is 0. The first-order chi connectivity index (χ1) is 6.97. The molecule has 4 heteroatoms. The molecule has 0 aliphatic heterocycles. The Hall–Kier alpha value is -1.22. The molecule has 0 spiro atoms. The molecule has 0 aromatic heterocycles. The highest BCUT2D eigenvalue weighted by molar-refractivity contribution is 6.31. The normalized spacial score (nSPS) is 12.3. The Morgan fingerprint density at radius 3 is 2.60 bits per heavy atom. The van der Waals surface area contributed by atoms with Crippen LogP contribution in [0.25, 0.3) is 0 Å². The van der Waals surface area contributed by atoms with Crippen LogP contribution in [0.5, 0.6) is 5.75 Å². The van der Waals surface area contributed by atoms with Crippen LogP contribution < -0.4 is 4.74 Å². The molecule has 15 heavy (non-hydrogen) atoms. The van der Waals surface area contributed by atoms with E-state index in [1.807, 2.05) is 6.92 Å². The van der Waals surface area contributed by atoms with E-state index in [4.69, 9.17) is 21.4 Å². The van der Waals surface area contributed by atoms with Crippen molar-refractivity contribution in [3.05, 3.63) is 28.3 Å². The SMILES string of the molecule is COc1cc(C(C)C(=O)O)cc(Cl)c1C. The summed E-state index contributed by atoms with van der Waals surface area (Å²) in [6, 6.07) is 3.37. The minimum absolute atomic E-state index is 0.525. The second-order valence-electron chi connectivity index (χ2n) is 3.39. The van der Waals surface area contributed by atoms with Gasteiger partial charge < -0.3 is 9.84 Å². The summed E-state index contributed by atoms with van der Waals surface area (Å²) in [5, 5.41) is 9.40. The van der Waals surface area contributed by atoms with E-state index in [-0.39, 0.29) is 0 Å². The zero-order chi connectivity index (χ0) is 11.6. The van der Waals surface area contributed by atoms with Gasteiger partial charge in [0.2, 0.25) is 0 Å². The summed E-state index contributed by atoms with van der Waals surface area (Å²) < 4.78 is 5.12. The lowest BCUT2D eigenvalue weighted by Gasteiger charge is -2.12. The molecule has 0 saturated carbocycles. The minimum atomic E-state index is -0.878. The standard InChI is InChI=1S/C11H13ClO3/c1-6(11(13)14)8-4-9(12)7(2)10(5-8)15-3/h4-6H,1-3H3,(H,13,14). The predicted molar refractivity (Wildman–Crippen MR) is 58.8 cm³/mol. The molecule has 0 radical (unpaired) electrons. The van der Waals surface area contributed by atoms with Crippen molar-refractivity contribution in [2.75, 3.05) is 7.11 Å². The van der Waals surface area contributed by atoms with Gasteiger partial charge in [0, 0.05) is 10.6 Å². The molecule has 82 valence electrons. The van der Waals surface area contributed by atoms with Crippen LogP contribution in [0.3, 0.4) is 0 Å². The second-order valence-corrected chi connectivity index (χ2v) is 3.80. The first-order valence-corrected chi connectivity index (χ1v) is 4.92. The van der Waals surface area contributed by atoms with Crippen molar-refractivity contribution in [1.29, 1.82) is 0 Å². The van der Waals surface area contributed by atoms with Crippen molar-refractivity contribution >= 4 is 17.6 Å². The van der Waals surface area contributed by atoms with E-state index in [1.54, 1.807) is 19.1 Å². The van der Waals surface area contributed by atoms with E-state index >= 15 is 0 Å². The van der Waals surface area contributed by atoms with Crippen LogP contribution in [-0.2, 0) is 4.79 Å². The molecule has 0 saturated heterocycles. The summed E-state index contributed by atoms with van der Waals surface area (Å²) in [5.74, 6) is -0.848. The molecule has 0 amide bonds. The number of ether oxygens (including phenoxy) is 1. The van der Waals surface area contributed by atoms with Crippen molar-refractivity contribution in [1.82, 2.24) is 0 Å². The zero-order valence-corrected chi connectivity index (χ0v) is 9.63. The number of methoxy groups -OCH3 is 1. The Balaban J connectivity index is 3.22. The minimum Gasteiger partial charge on any atom is -0.496 e. The molecule has 1 atom stereocenters. The molecule has 1 rings (SSSR count). The fraction of sp³-hybridized carbons (Fsp3) is 0.364. The molecule has 0 aliphatic rings. The Morgan fingerprint density at radius 2 is 2.13 bits per heavy atom. The molecule has 0 fully saturated rings. The first-order valence-electron chi connectivity index (χ1n) is 4.54. The van der Waals surface area contributed by atoms with E-state index in [9.17, 15) is 4.79 Å². The maximum Gasteiger partial charge on any atom is 0.310 e. The molecule has 1 aromatic carbocycles. The van der Waals surface area contributed by atoms with Gasteiger partial charge in [-0.15, -0.1) is 0 Å². The quantitative estimate of drug-likeness (QED) is 0.865. The van der Waals surface area contributed by atoms with Gasteiger partial charge in [-0.1, -0.05) is 11.6 Å². The average Bonchev–Trinajstić information content (AvgIpc) is 2.20. The topological polar surface area (TPSA) is 46.5 Å². The van der Waals surface area contributed by atoms with Crippen LogP contribution in [-0.4, -0.2) is 18.2 Å². The molecule has 3 nitrogen and oxygen atoms in total. The summed E-state index contributed by atoms with van der Waals surface area (Å²) in [4.78, 5) is 10.8. The number of rotatable bonds is 3. The fourth-order valence-corrected chi connectivity index (χ4v) is 1.50. The maximum atomic E-state index is 10.8. The van der Waals surface area contributed by atoms with Crippen LogP contribution >= 0.6 is 11.6 Å². The van der Waals surface area contributed by atoms with Crippen molar-refractivity contribution in [2.45, 2.75) is 19.8 Å². The number of aliphatic carboxylic acids is 1. The second kappa shape index (κ2) is 4.53. The van der Waals surface area contributed by atoms with Crippen molar-refractivity contribution in [2.24, 2.45) is 0 Å². The highest BCUT2D eigenvalue weighted by Crippen LogP contribution is 2.30. The maximum absolute atomic E-state index is 10.8. The highest BCUT2D eigenvalue weighted by atomic mass is 35.5. The van der Waals surface area contributed by atoms with E-state index in [1.165, 1.54) is 7.11 Å². The fourth-order valence-electron chi connectivity index (χ4n) is 1.28. The van der Waals surface area contributed by atoms with Crippen molar-refractivity contribution in [3.63, 3.8) is 0 Å². The van der Waals surface area contributed by atoms with Gasteiger partial charge in [0.15, 0.2) is 0 Å². The van der Waals surface area contributed by atoms with Crippen LogP contribution in [0.15, 0.2) is 12.1 Å². The molecule has 0 heterocycles. The first kappa shape index (κ1) is 11.9. The van der Waals surface area contributed by atoms with Crippen LogP contribution in [0.2, 0.25) is 5.02 Å². The number of hydrogen-bond acceptors (Lipinski definition) is 2. The van der Waals surface area contributed by atoms with Crippen LogP contribution in [0, 0.1) is 6.92 Å². The molecule has 1 aromatic rings. The lowest BCUT2D eigenvalue weighted by molar-refractivity contribution is -0.138. The number of carboxylic acids is 1. The smallest absolute Gasteiger partial charge is 0.310 e. The third-order valence-electron chi connectivity index (χ3n) is 2.41. The largest absolute Gasteiger partial charge is 0.496 e. The Bertz CT molecular complexity index is 388.